The quantitative estimate of drug-likeness (QED) is 0.821. The van der Waals surface area contributed by atoms with E-state index in [1.54, 1.807) is 18.7 Å². The molecule has 0 saturated heterocycles. The maximum atomic E-state index is 11.2. The Morgan fingerprint density at radius 2 is 1.50 bits per heavy atom. The molecule has 3 rings (SSSR count). The summed E-state index contributed by atoms with van der Waals surface area (Å²) in [5.41, 5.74) is 5.30. The average Bonchev–Trinajstić information content (AvgIpc) is 2.71. The maximum absolute atomic E-state index is 11.2. The second kappa shape index (κ2) is 4.62. The van der Waals surface area contributed by atoms with E-state index in [1.807, 2.05) is 0 Å². The minimum atomic E-state index is 0.238. The largest absolute Gasteiger partial charge is 0.299 e. The molecule has 0 saturated carbocycles. The van der Waals surface area contributed by atoms with Gasteiger partial charge in [-0.05, 0) is 29.2 Å². The molecule has 0 fully saturated rings. The number of thioether (sulfide) groups is 1. The van der Waals surface area contributed by atoms with Crippen LogP contribution in [0.4, 0.5) is 0 Å². The molecule has 2 aromatic rings. The number of rotatable bonds is 3. The highest BCUT2D eigenvalue weighted by Crippen LogP contribution is 2.49. The lowest BCUT2D eigenvalue weighted by Crippen LogP contribution is -1.99. The molecule has 2 heteroatoms. The van der Waals surface area contributed by atoms with E-state index in [-0.39, 0.29) is 5.78 Å². The van der Waals surface area contributed by atoms with Crippen LogP contribution in [0.2, 0.25) is 0 Å². The molecule has 0 N–H and O–H groups in total. The van der Waals surface area contributed by atoms with Crippen LogP contribution in [0.1, 0.15) is 23.3 Å². The van der Waals surface area contributed by atoms with E-state index in [1.165, 1.54) is 22.3 Å². The van der Waals surface area contributed by atoms with Crippen LogP contribution < -0.4 is 0 Å². The lowest BCUT2D eigenvalue weighted by molar-refractivity contribution is -0.114. The van der Waals surface area contributed by atoms with Crippen molar-refractivity contribution in [2.24, 2.45) is 0 Å². The number of hydrogen-bond donors (Lipinski definition) is 0. The molecular formula is C16H14OS. The third kappa shape index (κ3) is 1.87. The highest BCUT2D eigenvalue weighted by atomic mass is 32.2. The van der Waals surface area contributed by atoms with Gasteiger partial charge in [-0.2, -0.15) is 0 Å². The Kier molecular flexibility index (Phi) is 2.96. The minimum absolute atomic E-state index is 0.238. The summed E-state index contributed by atoms with van der Waals surface area (Å²) >= 11 is 1.73. The zero-order chi connectivity index (χ0) is 12.5. The lowest BCUT2D eigenvalue weighted by Gasteiger charge is -2.11. The Bertz CT molecular complexity index is 558. The molecule has 0 atom stereocenters. The third-order valence-corrected chi connectivity index (χ3v) is 4.64. The van der Waals surface area contributed by atoms with Crippen molar-refractivity contribution >= 4 is 17.5 Å². The van der Waals surface area contributed by atoms with Gasteiger partial charge in [0.25, 0.3) is 0 Å². The molecule has 1 aliphatic carbocycles. The van der Waals surface area contributed by atoms with Gasteiger partial charge < -0.3 is 0 Å². The Morgan fingerprint density at radius 3 is 2.00 bits per heavy atom. The summed E-state index contributed by atoms with van der Waals surface area (Å²) < 4.78 is 0. The second-order valence-corrected chi connectivity index (χ2v) is 5.66. The van der Waals surface area contributed by atoms with Gasteiger partial charge >= 0.3 is 0 Å². The van der Waals surface area contributed by atoms with Crippen LogP contribution in [0.3, 0.4) is 0 Å². The van der Waals surface area contributed by atoms with Crippen LogP contribution in [-0.2, 0) is 4.79 Å². The smallest absolute Gasteiger partial charge is 0.139 e. The van der Waals surface area contributed by atoms with Crippen molar-refractivity contribution in [3.63, 3.8) is 0 Å². The van der Waals surface area contributed by atoms with Crippen LogP contribution in [0.15, 0.2) is 48.5 Å². The van der Waals surface area contributed by atoms with Crippen molar-refractivity contribution in [2.75, 3.05) is 5.75 Å². The fourth-order valence-electron chi connectivity index (χ4n) is 2.49. The summed E-state index contributed by atoms with van der Waals surface area (Å²) in [5.74, 6) is 0.815. The molecule has 0 unspecified atom stereocenters. The molecule has 0 heterocycles. The van der Waals surface area contributed by atoms with Crippen LogP contribution in [0.5, 0.6) is 0 Å². The van der Waals surface area contributed by atoms with Gasteiger partial charge in [-0.15, -0.1) is 11.8 Å². The van der Waals surface area contributed by atoms with E-state index < -0.39 is 0 Å². The Labute approximate surface area is 111 Å². The van der Waals surface area contributed by atoms with E-state index in [4.69, 9.17) is 0 Å². The van der Waals surface area contributed by atoms with Gasteiger partial charge in [0, 0.05) is 0 Å². The van der Waals surface area contributed by atoms with Crippen molar-refractivity contribution in [3.8, 4) is 11.1 Å². The normalized spacial score (nSPS) is 13.2. The van der Waals surface area contributed by atoms with Gasteiger partial charge in [-0.3, -0.25) is 4.79 Å². The molecule has 0 aliphatic heterocycles. The summed E-state index contributed by atoms with van der Waals surface area (Å²) in [4.78, 5) is 11.2. The minimum Gasteiger partial charge on any atom is -0.299 e. The average molecular weight is 254 g/mol. The Balaban J connectivity index is 2.06. The highest BCUT2D eigenvalue weighted by Gasteiger charge is 2.28. The van der Waals surface area contributed by atoms with Crippen molar-refractivity contribution < 1.29 is 4.79 Å². The van der Waals surface area contributed by atoms with E-state index in [2.05, 4.69) is 48.5 Å². The van der Waals surface area contributed by atoms with Gasteiger partial charge in [-0.25, -0.2) is 0 Å². The van der Waals surface area contributed by atoms with Crippen LogP contribution in [0, 0.1) is 0 Å². The predicted octanol–water partition coefficient (Wildman–Crippen LogP) is 4.08. The van der Waals surface area contributed by atoms with Crippen LogP contribution >= 0.6 is 11.8 Å². The number of benzene rings is 2. The zero-order valence-corrected chi connectivity index (χ0v) is 11.0. The fourth-order valence-corrected chi connectivity index (χ4v) is 3.66. The van der Waals surface area contributed by atoms with Crippen LogP contribution in [0.25, 0.3) is 11.1 Å². The highest BCUT2D eigenvalue weighted by molar-refractivity contribution is 8.00. The van der Waals surface area contributed by atoms with Crippen molar-refractivity contribution in [1.29, 1.82) is 0 Å². The van der Waals surface area contributed by atoms with Crippen molar-refractivity contribution in [2.45, 2.75) is 12.2 Å². The molecule has 0 bridgehead atoms. The molecule has 1 nitrogen and oxygen atoms in total. The lowest BCUT2D eigenvalue weighted by atomic mass is 10.1. The summed E-state index contributed by atoms with van der Waals surface area (Å²) in [6.45, 7) is 1.65. The van der Waals surface area contributed by atoms with Gasteiger partial charge in [0.15, 0.2) is 0 Å². The number of Topliss-reactive ketones (excluding diaryl/α,β-unsaturated/α-hetero) is 1. The molecule has 1 aliphatic rings. The first-order valence-corrected chi connectivity index (χ1v) is 7.11. The standard InChI is InChI=1S/C16H14OS/c1-11(17)10-18-16-14-8-4-2-6-12(14)13-7-3-5-9-15(13)16/h2-9,16H,10H2,1H3. The number of fused-ring (bicyclic) bond motifs is 3. The third-order valence-electron chi connectivity index (χ3n) is 3.23. The van der Waals surface area contributed by atoms with Gasteiger partial charge in [0.05, 0.1) is 11.0 Å². The Hall–Kier alpha value is -1.54. The first kappa shape index (κ1) is 11.5. The first-order valence-electron chi connectivity index (χ1n) is 6.06. The molecular weight excluding hydrogens is 240 g/mol. The second-order valence-electron chi connectivity index (χ2n) is 4.57. The predicted molar refractivity (Wildman–Crippen MR) is 76.9 cm³/mol. The maximum Gasteiger partial charge on any atom is 0.139 e. The number of carbonyl (C=O) groups is 1. The molecule has 90 valence electrons. The topological polar surface area (TPSA) is 17.1 Å². The first-order chi connectivity index (χ1) is 8.77. The molecule has 0 aromatic heterocycles. The Morgan fingerprint density at radius 1 is 1.00 bits per heavy atom. The summed E-state index contributed by atoms with van der Waals surface area (Å²) in [6, 6.07) is 17.0. The van der Waals surface area contributed by atoms with Gasteiger partial charge in [-0.1, -0.05) is 48.5 Å². The summed E-state index contributed by atoms with van der Waals surface area (Å²) in [6.07, 6.45) is 0. The molecule has 2 aromatic carbocycles. The molecule has 0 amide bonds. The number of ketones is 1. The van der Waals surface area contributed by atoms with Crippen LogP contribution in [-0.4, -0.2) is 11.5 Å². The van der Waals surface area contributed by atoms with E-state index >= 15 is 0 Å². The monoisotopic (exact) mass is 254 g/mol. The fraction of sp³-hybridized carbons (Fsp3) is 0.188. The number of hydrogen-bond acceptors (Lipinski definition) is 2. The molecule has 0 spiro atoms. The summed E-state index contributed by atoms with van der Waals surface area (Å²) in [7, 11) is 0. The van der Waals surface area contributed by atoms with E-state index in [0.717, 1.165) is 0 Å². The van der Waals surface area contributed by atoms with Crippen molar-refractivity contribution in [1.82, 2.24) is 0 Å². The van der Waals surface area contributed by atoms with E-state index in [9.17, 15) is 4.79 Å². The number of carbonyl (C=O) groups excluding carboxylic acids is 1. The van der Waals surface area contributed by atoms with Gasteiger partial charge in [0.1, 0.15) is 5.78 Å². The SMILES string of the molecule is CC(=O)CSC1c2ccccc2-c2ccccc21. The summed E-state index contributed by atoms with van der Waals surface area (Å²) in [5, 5.41) is 0.307. The van der Waals surface area contributed by atoms with Gasteiger partial charge in [0.2, 0.25) is 0 Å². The molecule has 18 heavy (non-hydrogen) atoms. The van der Waals surface area contributed by atoms with Crippen molar-refractivity contribution in [3.05, 3.63) is 59.7 Å². The molecule has 0 radical (unpaired) electrons. The zero-order valence-electron chi connectivity index (χ0n) is 10.2. The van der Waals surface area contributed by atoms with E-state index in [0.29, 0.717) is 11.0 Å².